The van der Waals surface area contributed by atoms with E-state index in [1.165, 1.54) is 44.4 Å². The molecule has 0 fully saturated rings. The van der Waals surface area contributed by atoms with Crippen LogP contribution in [0.5, 0.6) is 0 Å². The zero-order valence-corrected chi connectivity index (χ0v) is 14.2. The minimum atomic E-state index is -3.49. The molecule has 6 nitrogen and oxygen atoms in total. The number of aryl methyl sites for hydroxylation is 2. The third-order valence-corrected chi connectivity index (χ3v) is 5.24. The predicted molar refractivity (Wildman–Crippen MR) is 86.7 cm³/mol. The van der Waals surface area contributed by atoms with Gasteiger partial charge >= 0.3 is 0 Å². The number of hydrogen-bond acceptors (Lipinski definition) is 5. The number of aromatic nitrogens is 1. The highest BCUT2D eigenvalue weighted by atomic mass is 32.2. The van der Waals surface area contributed by atoms with Crippen molar-refractivity contribution in [2.75, 3.05) is 14.1 Å². The van der Waals surface area contributed by atoms with E-state index < -0.39 is 10.0 Å². The molecule has 7 heteroatoms. The molecular formula is C16H18N2O4S. The quantitative estimate of drug-likeness (QED) is 0.620. The lowest BCUT2D eigenvalue weighted by Crippen LogP contribution is -2.22. The molecule has 0 atom stereocenters. The van der Waals surface area contributed by atoms with Gasteiger partial charge in [0, 0.05) is 25.2 Å². The Hall–Kier alpha value is -2.25. The largest absolute Gasteiger partial charge is 0.361 e. The van der Waals surface area contributed by atoms with Crippen molar-refractivity contribution in [3.05, 3.63) is 52.9 Å². The highest BCUT2D eigenvalue weighted by Gasteiger charge is 2.17. The van der Waals surface area contributed by atoms with Crippen molar-refractivity contribution in [3.63, 3.8) is 0 Å². The summed E-state index contributed by atoms with van der Waals surface area (Å²) in [5.41, 5.74) is 1.88. The summed E-state index contributed by atoms with van der Waals surface area (Å²) in [4.78, 5) is 12.3. The monoisotopic (exact) mass is 334 g/mol. The van der Waals surface area contributed by atoms with Crippen molar-refractivity contribution in [1.82, 2.24) is 9.46 Å². The maximum absolute atomic E-state index is 12.2. The Morgan fingerprint density at radius 2 is 1.78 bits per heavy atom. The second-order valence-electron chi connectivity index (χ2n) is 5.25. The molecule has 0 spiro atoms. The molecule has 2 aromatic rings. The summed E-state index contributed by atoms with van der Waals surface area (Å²) in [5, 5.41) is 3.81. The summed E-state index contributed by atoms with van der Waals surface area (Å²) >= 11 is 0. The molecule has 0 aliphatic carbocycles. The molecule has 0 saturated carbocycles. The van der Waals surface area contributed by atoms with Gasteiger partial charge in [-0.15, -0.1) is 0 Å². The number of carbonyl (C=O) groups excluding carboxylic acids is 1. The van der Waals surface area contributed by atoms with Crippen molar-refractivity contribution in [2.24, 2.45) is 0 Å². The molecule has 0 saturated heterocycles. The third kappa shape index (κ3) is 3.57. The molecule has 1 aromatic heterocycles. The van der Waals surface area contributed by atoms with Gasteiger partial charge in [-0.3, -0.25) is 4.79 Å². The van der Waals surface area contributed by atoms with Gasteiger partial charge in [-0.25, -0.2) is 12.7 Å². The van der Waals surface area contributed by atoms with Gasteiger partial charge in [0.15, 0.2) is 5.78 Å². The highest BCUT2D eigenvalue weighted by molar-refractivity contribution is 7.89. The first-order chi connectivity index (χ1) is 10.7. The summed E-state index contributed by atoms with van der Waals surface area (Å²) in [6.45, 7) is 3.56. The Kier molecular flexibility index (Phi) is 4.82. The van der Waals surface area contributed by atoms with Crippen LogP contribution < -0.4 is 0 Å². The van der Waals surface area contributed by atoms with Crippen LogP contribution in [0, 0.1) is 13.8 Å². The van der Waals surface area contributed by atoms with Gasteiger partial charge in [0.2, 0.25) is 10.0 Å². The van der Waals surface area contributed by atoms with E-state index in [0.29, 0.717) is 17.0 Å². The van der Waals surface area contributed by atoms with E-state index in [4.69, 9.17) is 4.52 Å². The van der Waals surface area contributed by atoms with Crippen LogP contribution in [0.4, 0.5) is 0 Å². The molecule has 0 aliphatic rings. The van der Waals surface area contributed by atoms with Gasteiger partial charge in [0.05, 0.1) is 10.6 Å². The van der Waals surface area contributed by atoms with Crippen LogP contribution in [0.25, 0.3) is 6.08 Å². The number of hydrogen-bond donors (Lipinski definition) is 0. The molecule has 0 unspecified atom stereocenters. The van der Waals surface area contributed by atoms with E-state index in [0.717, 1.165) is 9.87 Å². The first-order valence-electron chi connectivity index (χ1n) is 6.91. The van der Waals surface area contributed by atoms with Gasteiger partial charge in [-0.2, -0.15) is 0 Å². The zero-order valence-electron chi connectivity index (χ0n) is 13.4. The molecule has 0 aliphatic heterocycles. The number of rotatable bonds is 5. The van der Waals surface area contributed by atoms with Crippen molar-refractivity contribution in [3.8, 4) is 0 Å². The molecule has 2 rings (SSSR count). The topological polar surface area (TPSA) is 80.5 Å². The zero-order chi connectivity index (χ0) is 17.2. The van der Waals surface area contributed by atoms with Gasteiger partial charge < -0.3 is 4.52 Å². The fraction of sp³-hybridized carbons (Fsp3) is 0.250. The number of benzene rings is 1. The smallest absolute Gasteiger partial charge is 0.242 e. The molecule has 1 heterocycles. The Morgan fingerprint density at radius 3 is 2.26 bits per heavy atom. The van der Waals surface area contributed by atoms with E-state index in [9.17, 15) is 13.2 Å². The van der Waals surface area contributed by atoms with Crippen LogP contribution in [0.1, 0.15) is 27.4 Å². The summed E-state index contributed by atoms with van der Waals surface area (Å²) in [5.74, 6) is 0.415. The van der Waals surface area contributed by atoms with Crippen LogP contribution in [0.3, 0.4) is 0 Å². The lowest BCUT2D eigenvalue weighted by atomic mass is 10.1. The van der Waals surface area contributed by atoms with Crippen molar-refractivity contribution < 1.29 is 17.7 Å². The fourth-order valence-electron chi connectivity index (χ4n) is 1.99. The maximum Gasteiger partial charge on any atom is 0.242 e. The van der Waals surface area contributed by atoms with Crippen molar-refractivity contribution in [1.29, 1.82) is 0 Å². The highest BCUT2D eigenvalue weighted by Crippen LogP contribution is 2.17. The van der Waals surface area contributed by atoms with Gasteiger partial charge in [0.1, 0.15) is 5.76 Å². The Bertz CT molecular complexity index is 827. The van der Waals surface area contributed by atoms with Crippen LogP contribution in [-0.2, 0) is 10.0 Å². The number of allylic oxidation sites excluding steroid dienone is 1. The van der Waals surface area contributed by atoms with Crippen LogP contribution >= 0.6 is 0 Å². The van der Waals surface area contributed by atoms with E-state index >= 15 is 0 Å². The lowest BCUT2D eigenvalue weighted by Gasteiger charge is -2.11. The normalized spacial score (nSPS) is 12.2. The second-order valence-corrected chi connectivity index (χ2v) is 7.40. The second kappa shape index (κ2) is 6.47. The first kappa shape index (κ1) is 17.1. The Morgan fingerprint density at radius 1 is 1.17 bits per heavy atom. The van der Waals surface area contributed by atoms with Gasteiger partial charge in [-0.1, -0.05) is 5.16 Å². The molecule has 0 amide bonds. The SMILES string of the molecule is Cc1noc(C)c1/C=C\C(=O)c1ccc(S(=O)(=O)N(C)C)cc1. The van der Waals surface area contributed by atoms with E-state index in [-0.39, 0.29) is 10.7 Å². The van der Waals surface area contributed by atoms with Gasteiger partial charge in [-0.05, 0) is 50.3 Å². The summed E-state index contributed by atoms with van der Waals surface area (Å²) in [6, 6.07) is 5.84. The number of nitrogens with zero attached hydrogens (tertiary/aromatic N) is 2. The Labute approximate surface area is 135 Å². The number of ketones is 1. The van der Waals surface area contributed by atoms with Gasteiger partial charge in [0.25, 0.3) is 0 Å². The summed E-state index contributed by atoms with van der Waals surface area (Å²) < 4.78 is 30.1. The van der Waals surface area contributed by atoms with Crippen molar-refractivity contribution in [2.45, 2.75) is 18.7 Å². The minimum absolute atomic E-state index is 0.147. The first-order valence-corrected chi connectivity index (χ1v) is 8.35. The lowest BCUT2D eigenvalue weighted by molar-refractivity contribution is 0.104. The van der Waals surface area contributed by atoms with E-state index in [2.05, 4.69) is 5.16 Å². The summed E-state index contributed by atoms with van der Waals surface area (Å²) in [7, 11) is -0.577. The average Bonchev–Trinajstić information content (AvgIpc) is 2.83. The fourth-order valence-corrected chi connectivity index (χ4v) is 2.89. The molecule has 0 N–H and O–H groups in total. The standard InChI is InChI=1S/C16H18N2O4S/c1-11-15(12(2)22-17-11)9-10-16(19)13-5-7-14(8-6-13)23(20,21)18(3)4/h5-10H,1-4H3/b10-9-. The van der Waals surface area contributed by atoms with Crippen LogP contribution in [-0.4, -0.2) is 37.8 Å². The number of sulfonamides is 1. The predicted octanol–water partition coefficient (Wildman–Crippen LogP) is 2.44. The van der Waals surface area contributed by atoms with Crippen LogP contribution in [0.2, 0.25) is 0 Å². The number of carbonyl (C=O) groups is 1. The van der Waals surface area contributed by atoms with Crippen molar-refractivity contribution >= 4 is 21.9 Å². The molecule has 0 radical (unpaired) electrons. The third-order valence-electron chi connectivity index (χ3n) is 3.41. The molecule has 0 bridgehead atoms. The average molecular weight is 334 g/mol. The molecular weight excluding hydrogens is 316 g/mol. The molecule has 23 heavy (non-hydrogen) atoms. The summed E-state index contributed by atoms with van der Waals surface area (Å²) in [6.07, 6.45) is 3.07. The molecule has 122 valence electrons. The Balaban J connectivity index is 2.22. The van der Waals surface area contributed by atoms with E-state index in [1.54, 1.807) is 19.9 Å². The van der Waals surface area contributed by atoms with Crippen LogP contribution in [0.15, 0.2) is 39.8 Å². The minimum Gasteiger partial charge on any atom is -0.361 e. The molecule has 1 aromatic carbocycles. The van der Waals surface area contributed by atoms with E-state index in [1.807, 2.05) is 0 Å². The maximum atomic E-state index is 12.2.